The second kappa shape index (κ2) is 13.1. The number of para-hydroxylation sites is 2. The van der Waals surface area contributed by atoms with E-state index < -0.39 is 0 Å². The normalized spacial score (nSPS) is 11.2. The van der Waals surface area contributed by atoms with Crippen LogP contribution in [0.3, 0.4) is 0 Å². The van der Waals surface area contributed by atoms with Crippen LogP contribution < -0.4 is 4.74 Å². The van der Waals surface area contributed by atoms with Gasteiger partial charge in [0.25, 0.3) is 0 Å². The first-order chi connectivity index (χ1) is 13.3. The predicted octanol–water partition coefficient (Wildman–Crippen LogP) is 7.52. The van der Waals surface area contributed by atoms with E-state index in [1.54, 1.807) is 0 Å². The lowest BCUT2D eigenvalue weighted by atomic mass is 10.0. The number of ether oxygens (including phenoxy) is 1. The fourth-order valence-electron chi connectivity index (χ4n) is 3.13. The van der Waals surface area contributed by atoms with E-state index >= 15 is 0 Å². The molecule has 2 aromatic carbocycles. The molecule has 0 amide bonds. The Labute approximate surface area is 165 Å². The monoisotopic (exact) mass is 365 g/mol. The SMILES string of the molecule is CCCCCCCCc1ccccc1/N=C\c1ccccc1OCCCC. The summed E-state index contributed by atoms with van der Waals surface area (Å²) in [7, 11) is 0. The van der Waals surface area contributed by atoms with Crippen molar-refractivity contribution in [1.82, 2.24) is 0 Å². The van der Waals surface area contributed by atoms with Crippen molar-refractivity contribution in [2.75, 3.05) is 6.61 Å². The molecule has 2 rings (SSSR count). The highest BCUT2D eigenvalue weighted by atomic mass is 16.5. The zero-order chi connectivity index (χ0) is 19.2. The molecule has 2 heteroatoms. The number of benzene rings is 2. The number of rotatable bonds is 13. The first kappa shape index (κ1) is 21.2. The molecule has 0 aliphatic carbocycles. The number of nitrogens with zero attached hydrogens (tertiary/aromatic N) is 1. The van der Waals surface area contributed by atoms with Crippen LogP contribution in [0, 0.1) is 0 Å². The lowest BCUT2D eigenvalue weighted by molar-refractivity contribution is 0.309. The Morgan fingerprint density at radius 2 is 1.48 bits per heavy atom. The van der Waals surface area contributed by atoms with Gasteiger partial charge in [-0.2, -0.15) is 0 Å². The van der Waals surface area contributed by atoms with Gasteiger partial charge in [-0.05, 0) is 43.0 Å². The highest BCUT2D eigenvalue weighted by Gasteiger charge is 2.03. The molecule has 27 heavy (non-hydrogen) atoms. The molecule has 0 atom stereocenters. The lowest BCUT2D eigenvalue weighted by Gasteiger charge is -2.09. The van der Waals surface area contributed by atoms with Crippen LogP contribution in [0.25, 0.3) is 0 Å². The van der Waals surface area contributed by atoms with E-state index in [2.05, 4.69) is 44.2 Å². The van der Waals surface area contributed by atoms with E-state index in [4.69, 9.17) is 9.73 Å². The molecule has 0 spiro atoms. The molecular weight excluding hydrogens is 330 g/mol. The molecule has 0 saturated heterocycles. The van der Waals surface area contributed by atoms with E-state index in [1.165, 1.54) is 44.1 Å². The van der Waals surface area contributed by atoms with Crippen LogP contribution in [0.15, 0.2) is 53.5 Å². The zero-order valence-electron chi connectivity index (χ0n) is 17.1. The molecule has 0 fully saturated rings. The van der Waals surface area contributed by atoms with E-state index in [9.17, 15) is 0 Å². The predicted molar refractivity (Wildman–Crippen MR) is 118 cm³/mol. The quantitative estimate of drug-likeness (QED) is 0.266. The van der Waals surface area contributed by atoms with Crippen molar-refractivity contribution in [2.24, 2.45) is 4.99 Å². The largest absolute Gasteiger partial charge is 0.493 e. The van der Waals surface area contributed by atoms with Gasteiger partial charge in [-0.15, -0.1) is 0 Å². The van der Waals surface area contributed by atoms with Crippen LogP contribution in [0.2, 0.25) is 0 Å². The summed E-state index contributed by atoms with van der Waals surface area (Å²) in [5, 5.41) is 0. The Hall–Kier alpha value is -2.09. The van der Waals surface area contributed by atoms with E-state index in [-0.39, 0.29) is 0 Å². The first-order valence-electron chi connectivity index (χ1n) is 10.7. The van der Waals surface area contributed by atoms with Gasteiger partial charge in [0.1, 0.15) is 5.75 Å². The third kappa shape index (κ3) is 7.99. The third-order valence-corrected chi connectivity index (χ3v) is 4.81. The molecule has 146 valence electrons. The second-order valence-corrected chi connectivity index (χ2v) is 7.14. The maximum absolute atomic E-state index is 5.92. The molecule has 0 bridgehead atoms. The van der Waals surface area contributed by atoms with Crippen molar-refractivity contribution < 1.29 is 4.74 Å². The molecule has 2 aromatic rings. The molecule has 0 radical (unpaired) electrons. The molecule has 0 N–H and O–H groups in total. The zero-order valence-corrected chi connectivity index (χ0v) is 17.1. The van der Waals surface area contributed by atoms with Gasteiger partial charge in [0.2, 0.25) is 0 Å². The van der Waals surface area contributed by atoms with E-state index in [0.29, 0.717) is 0 Å². The minimum Gasteiger partial charge on any atom is -0.493 e. The topological polar surface area (TPSA) is 21.6 Å². The highest BCUT2D eigenvalue weighted by molar-refractivity contribution is 5.85. The number of aryl methyl sites for hydroxylation is 1. The maximum Gasteiger partial charge on any atom is 0.128 e. The summed E-state index contributed by atoms with van der Waals surface area (Å²) in [5.74, 6) is 0.920. The van der Waals surface area contributed by atoms with E-state index in [0.717, 1.165) is 42.9 Å². The Morgan fingerprint density at radius 1 is 0.778 bits per heavy atom. The summed E-state index contributed by atoms with van der Waals surface area (Å²) in [6, 6.07) is 16.7. The molecule has 0 aliphatic rings. The van der Waals surface area contributed by atoms with Crippen LogP contribution in [-0.4, -0.2) is 12.8 Å². The maximum atomic E-state index is 5.92. The van der Waals surface area contributed by atoms with Crippen LogP contribution in [0.5, 0.6) is 5.75 Å². The summed E-state index contributed by atoms with van der Waals surface area (Å²) >= 11 is 0. The minimum atomic E-state index is 0.760. The molecule has 2 nitrogen and oxygen atoms in total. The number of unbranched alkanes of at least 4 members (excludes halogenated alkanes) is 6. The fourth-order valence-corrected chi connectivity index (χ4v) is 3.13. The molecule has 0 aliphatic heterocycles. The van der Waals surface area contributed by atoms with Crippen molar-refractivity contribution in [3.63, 3.8) is 0 Å². The Kier molecular flexibility index (Phi) is 10.3. The Balaban J connectivity index is 1.97. The molecule has 0 unspecified atom stereocenters. The van der Waals surface area contributed by atoms with Crippen molar-refractivity contribution in [3.05, 3.63) is 59.7 Å². The van der Waals surface area contributed by atoms with Crippen LogP contribution in [0.4, 0.5) is 5.69 Å². The standard InChI is InChI=1S/C25H35NO/c1-3-5-7-8-9-10-15-22-16-11-13-18-24(22)26-21-23-17-12-14-19-25(23)27-20-6-4-2/h11-14,16-19,21H,3-10,15,20H2,1-2H3/b26-21-. The first-order valence-corrected chi connectivity index (χ1v) is 10.7. The smallest absolute Gasteiger partial charge is 0.128 e. The summed E-state index contributed by atoms with van der Waals surface area (Å²) < 4.78 is 5.92. The summed E-state index contributed by atoms with van der Waals surface area (Å²) in [6.45, 7) is 5.20. The number of aliphatic imine (C=N–C) groups is 1. The van der Waals surface area contributed by atoms with Gasteiger partial charge >= 0.3 is 0 Å². The van der Waals surface area contributed by atoms with Gasteiger partial charge in [-0.25, -0.2) is 0 Å². The van der Waals surface area contributed by atoms with E-state index in [1.807, 2.05) is 24.4 Å². The van der Waals surface area contributed by atoms with Crippen molar-refractivity contribution in [2.45, 2.75) is 71.6 Å². The summed E-state index contributed by atoms with van der Waals surface area (Å²) in [4.78, 5) is 4.79. The fraction of sp³-hybridized carbons (Fsp3) is 0.480. The van der Waals surface area contributed by atoms with Gasteiger partial charge in [0, 0.05) is 11.8 Å². The molecule has 0 aromatic heterocycles. The van der Waals surface area contributed by atoms with Crippen LogP contribution >= 0.6 is 0 Å². The Bertz CT molecular complexity index is 678. The molecule has 0 saturated carbocycles. The average molecular weight is 366 g/mol. The van der Waals surface area contributed by atoms with Crippen molar-refractivity contribution >= 4 is 11.9 Å². The minimum absolute atomic E-state index is 0.760. The van der Waals surface area contributed by atoms with Crippen molar-refractivity contribution in [1.29, 1.82) is 0 Å². The van der Waals surface area contributed by atoms with Crippen LogP contribution in [-0.2, 0) is 6.42 Å². The number of hydrogen-bond donors (Lipinski definition) is 0. The van der Waals surface area contributed by atoms with Crippen LogP contribution in [0.1, 0.15) is 76.3 Å². The second-order valence-electron chi connectivity index (χ2n) is 7.14. The third-order valence-electron chi connectivity index (χ3n) is 4.81. The van der Waals surface area contributed by atoms with Gasteiger partial charge < -0.3 is 4.74 Å². The average Bonchev–Trinajstić information content (AvgIpc) is 2.71. The molecular formula is C25H35NO. The Morgan fingerprint density at radius 3 is 2.33 bits per heavy atom. The van der Waals surface area contributed by atoms with Gasteiger partial charge in [-0.1, -0.05) is 82.7 Å². The van der Waals surface area contributed by atoms with Gasteiger partial charge in [0.15, 0.2) is 0 Å². The lowest BCUT2D eigenvalue weighted by Crippen LogP contribution is -1.99. The van der Waals surface area contributed by atoms with Gasteiger partial charge in [0.05, 0.1) is 12.3 Å². The summed E-state index contributed by atoms with van der Waals surface area (Å²) in [5.41, 5.74) is 3.46. The van der Waals surface area contributed by atoms with Crippen molar-refractivity contribution in [3.8, 4) is 5.75 Å². The highest BCUT2D eigenvalue weighted by Crippen LogP contribution is 2.23. The number of hydrogen-bond acceptors (Lipinski definition) is 2. The molecule has 0 heterocycles. The van der Waals surface area contributed by atoms with Gasteiger partial charge in [-0.3, -0.25) is 4.99 Å². The summed E-state index contributed by atoms with van der Waals surface area (Å²) in [6.07, 6.45) is 13.2.